The van der Waals surface area contributed by atoms with Crippen molar-refractivity contribution >= 4 is 21.9 Å². The van der Waals surface area contributed by atoms with E-state index in [1.165, 1.54) is 6.07 Å². The number of fused-ring (bicyclic) bond motifs is 2. The third-order valence-corrected chi connectivity index (χ3v) is 7.50. The number of halogens is 1. The molecule has 5 aromatic rings. The van der Waals surface area contributed by atoms with Gasteiger partial charge >= 0.3 is 0 Å². The fourth-order valence-corrected chi connectivity index (χ4v) is 5.06. The maximum atomic E-state index is 14.3. The number of aromatic hydroxyl groups is 1. The van der Waals surface area contributed by atoms with Gasteiger partial charge in [0, 0.05) is 36.2 Å². The zero-order valence-electron chi connectivity index (χ0n) is 22.8. The molecule has 6 rings (SSSR count). The van der Waals surface area contributed by atoms with E-state index in [9.17, 15) is 9.50 Å². The highest BCUT2D eigenvalue weighted by molar-refractivity contribution is 5.80. The lowest BCUT2D eigenvalue weighted by atomic mass is 10.1. The lowest BCUT2D eigenvalue weighted by Gasteiger charge is -2.28. The molecule has 0 radical (unpaired) electrons. The van der Waals surface area contributed by atoms with Crippen LogP contribution in [0.25, 0.3) is 21.9 Å². The quantitative estimate of drug-likeness (QED) is 0.238. The van der Waals surface area contributed by atoms with Crippen molar-refractivity contribution in [2.24, 2.45) is 0 Å². The minimum Gasteiger partial charge on any atom is -0.508 e. The van der Waals surface area contributed by atoms with Gasteiger partial charge in [-0.1, -0.05) is 25.1 Å². The van der Waals surface area contributed by atoms with Crippen LogP contribution >= 0.6 is 0 Å². The van der Waals surface area contributed by atoms with Crippen LogP contribution in [0.1, 0.15) is 35.9 Å². The Balaban J connectivity index is 1.19. The highest BCUT2D eigenvalue weighted by Crippen LogP contribution is 2.26. The molecule has 1 N–H and O–H groups in total. The first kappa shape index (κ1) is 26.7. The van der Waals surface area contributed by atoms with Crippen LogP contribution in [0.15, 0.2) is 66.7 Å². The molecule has 208 valence electrons. The second-order valence-electron chi connectivity index (χ2n) is 10.3. The van der Waals surface area contributed by atoms with Crippen molar-refractivity contribution in [1.82, 2.24) is 19.4 Å². The third-order valence-electron chi connectivity index (χ3n) is 7.50. The van der Waals surface area contributed by atoms with E-state index in [-0.39, 0.29) is 24.0 Å². The van der Waals surface area contributed by atoms with Crippen molar-refractivity contribution in [1.29, 1.82) is 5.26 Å². The number of ether oxygens (including phenoxy) is 2. The van der Waals surface area contributed by atoms with Crippen LogP contribution in [-0.4, -0.2) is 43.8 Å². The van der Waals surface area contributed by atoms with Gasteiger partial charge < -0.3 is 19.1 Å². The number of nitriles is 1. The standard InChI is InChI=1S/C32H30FN5O3/c1-2-37(19-31-35-28-9-8-25(39)15-30(28)38(31)18-26-11-12-40-26)17-22-4-5-23-7-10-32(36-29(23)14-22)41-20-24-6-3-21(16-34)13-27(24)33/h3-10,13-15,26,39H,2,11-12,17-20H2,1H3/t26-/m0/s1. The van der Waals surface area contributed by atoms with E-state index in [4.69, 9.17) is 19.7 Å². The molecule has 1 aliphatic heterocycles. The lowest BCUT2D eigenvalue weighted by molar-refractivity contribution is -0.0592. The Morgan fingerprint density at radius 2 is 1.93 bits per heavy atom. The number of rotatable bonds is 10. The molecule has 3 aromatic carbocycles. The van der Waals surface area contributed by atoms with Crippen LogP contribution in [0.4, 0.5) is 4.39 Å². The Labute approximate surface area is 237 Å². The predicted octanol–water partition coefficient (Wildman–Crippen LogP) is 5.69. The number of imidazole rings is 1. The number of pyridine rings is 1. The normalized spacial score (nSPS) is 14.8. The topological polar surface area (TPSA) is 96.4 Å². The first-order chi connectivity index (χ1) is 20.0. The summed E-state index contributed by atoms with van der Waals surface area (Å²) in [5.41, 5.74) is 4.30. The maximum Gasteiger partial charge on any atom is 0.214 e. The maximum absolute atomic E-state index is 14.3. The zero-order valence-corrected chi connectivity index (χ0v) is 22.8. The molecule has 1 saturated heterocycles. The summed E-state index contributed by atoms with van der Waals surface area (Å²) in [6.07, 6.45) is 1.19. The lowest BCUT2D eigenvalue weighted by Crippen LogP contribution is -2.32. The van der Waals surface area contributed by atoms with Crippen molar-refractivity contribution < 1.29 is 19.0 Å². The fourth-order valence-electron chi connectivity index (χ4n) is 5.06. The predicted molar refractivity (Wildman–Crippen MR) is 153 cm³/mol. The van der Waals surface area contributed by atoms with Gasteiger partial charge in [0.05, 0.1) is 47.4 Å². The third kappa shape index (κ3) is 5.85. The van der Waals surface area contributed by atoms with Gasteiger partial charge in [0.15, 0.2) is 0 Å². The summed E-state index contributed by atoms with van der Waals surface area (Å²) in [4.78, 5) is 11.9. The van der Waals surface area contributed by atoms with Crippen LogP contribution in [0.5, 0.6) is 11.6 Å². The second-order valence-corrected chi connectivity index (χ2v) is 10.3. The zero-order chi connectivity index (χ0) is 28.3. The first-order valence-electron chi connectivity index (χ1n) is 13.7. The summed E-state index contributed by atoms with van der Waals surface area (Å²) in [6.45, 7) is 5.80. The van der Waals surface area contributed by atoms with Crippen LogP contribution in [0, 0.1) is 17.1 Å². The average molecular weight is 552 g/mol. The molecule has 1 atom stereocenters. The van der Waals surface area contributed by atoms with E-state index >= 15 is 0 Å². The number of nitrogens with zero attached hydrogens (tertiary/aromatic N) is 5. The summed E-state index contributed by atoms with van der Waals surface area (Å²) in [6, 6.07) is 21.5. The molecule has 3 heterocycles. The number of aromatic nitrogens is 3. The summed E-state index contributed by atoms with van der Waals surface area (Å²) in [5.74, 6) is 1.09. The average Bonchev–Trinajstić information content (AvgIpc) is 3.29. The van der Waals surface area contributed by atoms with Gasteiger partial charge in [0.25, 0.3) is 0 Å². The van der Waals surface area contributed by atoms with Crippen LogP contribution in [0.2, 0.25) is 0 Å². The summed E-state index contributed by atoms with van der Waals surface area (Å²) >= 11 is 0. The number of benzene rings is 3. The highest BCUT2D eigenvalue weighted by atomic mass is 19.1. The monoisotopic (exact) mass is 551 g/mol. The van der Waals surface area contributed by atoms with Gasteiger partial charge in [-0.15, -0.1) is 0 Å². The van der Waals surface area contributed by atoms with Crippen molar-refractivity contribution in [3.05, 3.63) is 95.1 Å². The van der Waals surface area contributed by atoms with Gasteiger partial charge in [-0.05, 0) is 54.9 Å². The SMILES string of the molecule is CCN(Cc1ccc2ccc(OCc3ccc(C#N)cc3F)nc2c1)Cc1nc2ccc(O)cc2n1C[C@@H]1CCO1. The van der Waals surface area contributed by atoms with Crippen molar-refractivity contribution in [2.45, 2.75) is 45.7 Å². The fraction of sp³-hybridized carbons (Fsp3) is 0.281. The summed E-state index contributed by atoms with van der Waals surface area (Å²) in [7, 11) is 0. The number of hydrogen-bond donors (Lipinski definition) is 1. The van der Waals surface area contributed by atoms with Gasteiger partial charge in [-0.3, -0.25) is 4.90 Å². The molecule has 8 nitrogen and oxygen atoms in total. The molecule has 41 heavy (non-hydrogen) atoms. The minimum absolute atomic E-state index is 0.0179. The Bertz CT molecular complexity index is 1760. The molecule has 2 aromatic heterocycles. The smallest absolute Gasteiger partial charge is 0.214 e. The molecule has 0 aliphatic carbocycles. The van der Waals surface area contributed by atoms with Gasteiger partial charge in [0.2, 0.25) is 5.88 Å². The summed E-state index contributed by atoms with van der Waals surface area (Å²) in [5, 5.41) is 20.0. The van der Waals surface area contributed by atoms with E-state index in [0.29, 0.717) is 31.1 Å². The molecule has 0 amide bonds. The number of hydrogen-bond acceptors (Lipinski definition) is 7. The molecule has 0 unspecified atom stereocenters. The van der Waals surface area contributed by atoms with Gasteiger partial charge in [-0.25, -0.2) is 14.4 Å². The molecule has 9 heteroatoms. The van der Waals surface area contributed by atoms with Crippen LogP contribution < -0.4 is 4.74 Å². The second kappa shape index (κ2) is 11.5. The van der Waals surface area contributed by atoms with Gasteiger partial charge in [0.1, 0.15) is 24.0 Å². The molecule has 0 spiro atoms. The van der Waals surface area contributed by atoms with Crippen molar-refractivity contribution in [3.8, 4) is 17.7 Å². The van der Waals surface area contributed by atoms with Crippen molar-refractivity contribution in [3.63, 3.8) is 0 Å². The Morgan fingerprint density at radius 1 is 1.07 bits per heavy atom. The molecule has 0 bridgehead atoms. The van der Waals surface area contributed by atoms with Gasteiger partial charge in [-0.2, -0.15) is 5.26 Å². The molecule has 1 aliphatic rings. The Kier molecular flexibility index (Phi) is 7.51. The van der Waals surface area contributed by atoms with E-state index in [2.05, 4.69) is 33.5 Å². The van der Waals surface area contributed by atoms with Crippen LogP contribution in [-0.2, 0) is 31.0 Å². The molecular weight excluding hydrogens is 521 g/mol. The highest BCUT2D eigenvalue weighted by Gasteiger charge is 2.23. The van der Waals surface area contributed by atoms with Crippen LogP contribution in [0.3, 0.4) is 0 Å². The van der Waals surface area contributed by atoms with Crippen molar-refractivity contribution in [2.75, 3.05) is 13.2 Å². The van der Waals surface area contributed by atoms with E-state index in [1.807, 2.05) is 24.3 Å². The molecule has 1 fully saturated rings. The Hall–Kier alpha value is -4.52. The first-order valence-corrected chi connectivity index (χ1v) is 13.7. The van der Waals surface area contributed by atoms with E-state index in [0.717, 1.165) is 52.9 Å². The minimum atomic E-state index is -0.475. The summed E-state index contributed by atoms with van der Waals surface area (Å²) < 4.78 is 27.9. The number of phenolic OH excluding ortho intramolecular Hbond substituents is 1. The Morgan fingerprint density at radius 3 is 2.68 bits per heavy atom. The number of phenols is 1. The molecular formula is C32H30FN5O3. The largest absolute Gasteiger partial charge is 0.508 e. The molecule has 0 saturated carbocycles. The van der Waals surface area contributed by atoms with E-state index < -0.39 is 5.82 Å². The van der Waals surface area contributed by atoms with E-state index in [1.54, 1.807) is 30.3 Å².